The third kappa shape index (κ3) is 4.83. The minimum atomic E-state index is 0.0938. The Morgan fingerprint density at radius 1 is 1.14 bits per heavy atom. The van der Waals surface area contributed by atoms with Crippen LogP contribution in [0.1, 0.15) is 32.0 Å². The van der Waals surface area contributed by atoms with Crippen LogP contribution in [0.3, 0.4) is 0 Å². The van der Waals surface area contributed by atoms with Gasteiger partial charge in [0.1, 0.15) is 5.75 Å². The zero-order valence-electron chi connectivity index (χ0n) is 12.9. The van der Waals surface area contributed by atoms with Gasteiger partial charge in [0.15, 0.2) is 0 Å². The molecule has 0 bridgehead atoms. The molecule has 2 aromatic rings. The van der Waals surface area contributed by atoms with Crippen LogP contribution in [0.25, 0.3) is 0 Å². The Hall–Kier alpha value is -1.39. The van der Waals surface area contributed by atoms with Crippen LogP contribution in [0.15, 0.2) is 40.9 Å². The number of aryl methyl sites for hydroxylation is 1. The molecule has 21 heavy (non-hydrogen) atoms. The van der Waals surface area contributed by atoms with E-state index in [2.05, 4.69) is 53.1 Å². The standard InChI is InChI=1S/C17H21BrN2O/c1-12-13(11-19-17(2,3)4)9-10-16(20-12)21-15-8-6-5-7-14(15)18/h5-10,19H,11H2,1-4H3. The van der Waals surface area contributed by atoms with Crippen LogP contribution < -0.4 is 10.1 Å². The molecule has 112 valence electrons. The van der Waals surface area contributed by atoms with Crippen molar-refractivity contribution < 1.29 is 4.74 Å². The van der Waals surface area contributed by atoms with Gasteiger partial charge in [-0.1, -0.05) is 18.2 Å². The van der Waals surface area contributed by atoms with E-state index in [4.69, 9.17) is 4.74 Å². The van der Waals surface area contributed by atoms with Crippen molar-refractivity contribution in [3.05, 3.63) is 52.1 Å². The zero-order chi connectivity index (χ0) is 15.5. The van der Waals surface area contributed by atoms with Crippen LogP contribution in [0.2, 0.25) is 0 Å². The van der Waals surface area contributed by atoms with Gasteiger partial charge < -0.3 is 10.1 Å². The first kappa shape index (κ1) is 16.0. The van der Waals surface area contributed by atoms with Crippen molar-refractivity contribution in [1.29, 1.82) is 0 Å². The number of rotatable bonds is 4. The molecular weight excluding hydrogens is 328 g/mol. The van der Waals surface area contributed by atoms with E-state index in [0.29, 0.717) is 5.88 Å². The lowest BCUT2D eigenvalue weighted by atomic mass is 10.1. The van der Waals surface area contributed by atoms with E-state index in [1.54, 1.807) is 0 Å². The number of aromatic nitrogens is 1. The van der Waals surface area contributed by atoms with Crippen molar-refractivity contribution in [3.63, 3.8) is 0 Å². The van der Waals surface area contributed by atoms with Crippen molar-refractivity contribution >= 4 is 15.9 Å². The number of nitrogens with one attached hydrogen (secondary N) is 1. The molecule has 0 radical (unpaired) electrons. The highest BCUT2D eigenvalue weighted by Crippen LogP contribution is 2.28. The third-order valence-corrected chi connectivity index (χ3v) is 3.69. The van der Waals surface area contributed by atoms with E-state index in [-0.39, 0.29) is 5.54 Å². The van der Waals surface area contributed by atoms with Crippen molar-refractivity contribution in [2.24, 2.45) is 0 Å². The maximum absolute atomic E-state index is 5.81. The summed E-state index contributed by atoms with van der Waals surface area (Å²) in [5.41, 5.74) is 2.26. The van der Waals surface area contributed by atoms with E-state index >= 15 is 0 Å². The average molecular weight is 349 g/mol. The first-order chi connectivity index (χ1) is 9.85. The number of hydrogen-bond acceptors (Lipinski definition) is 3. The molecule has 0 atom stereocenters. The van der Waals surface area contributed by atoms with E-state index in [0.717, 1.165) is 22.5 Å². The SMILES string of the molecule is Cc1nc(Oc2ccccc2Br)ccc1CNC(C)(C)C. The Labute approximate surface area is 134 Å². The lowest BCUT2D eigenvalue weighted by molar-refractivity contribution is 0.422. The highest BCUT2D eigenvalue weighted by molar-refractivity contribution is 9.10. The second kappa shape index (κ2) is 6.58. The fourth-order valence-electron chi connectivity index (χ4n) is 1.81. The van der Waals surface area contributed by atoms with Gasteiger partial charge in [0.2, 0.25) is 5.88 Å². The maximum Gasteiger partial charge on any atom is 0.219 e. The van der Waals surface area contributed by atoms with Crippen molar-refractivity contribution in [2.45, 2.75) is 39.8 Å². The first-order valence-electron chi connectivity index (χ1n) is 6.99. The number of benzene rings is 1. The molecule has 1 heterocycles. The highest BCUT2D eigenvalue weighted by atomic mass is 79.9. The third-order valence-electron chi connectivity index (χ3n) is 3.03. The molecule has 0 aliphatic heterocycles. The second-order valence-corrected chi connectivity index (χ2v) is 6.88. The van der Waals surface area contributed by atoms with Gasteiger partial charge in [-0.2, -0.15) is 0 Å². The topological polar surface area (TPSA) is 34.1 Å². The zero-order valence-corrected chi connectivity index (χ0v) is 14.5. The molecule has 0 fully saturated rings. The second-order valence-electron chi connectivity index (χ2n) is 6.03. The van der Waals surface area contributed by atoms with Gasteiger partial charge in [-0.25, -0.2) is 4.98 Å². The molecule has 1 aromatic carbocycles. The lowest BCUT2D eigenvalue weighted by Crippen LogP contribution is -2.35. The highest BCUT2D eigenvalue weighted by Gasteiger charge is 2.11. The Morgan fingerprint density at radius 2 is 1.86 bits per heavy atom. The van der Waals surface area contributed by atoms with Crippen LogP contribution in [0, 0.1) is 6.92 Å². The van der Waals surface area contributed by atoms with Gasteiger partial charge in [0.25, 0.3) is 0 Å². The molecule has 1 N–H and O–H groups in total. The largest absolute Gasteiger partial charge is 0.438 e. The summed E-state index contributed by atoms with van der Waals surface area (Å²) in [5.74, 6) is 1.38. The summed E-state index contributed by atoms with van der Waals surface area (Å²) in [4.78, 5) is 4.53. The van der Waals surface area contributed by atoms with E-state index < -0.39 is 0 Å². The fraction of sp³-hybridized carbons (Fsp3) is 0.353. The number of halogens is 1. The minimum Gasteiger partial charge on any atom is -0.438 e. The van der Waals surface area contributed by atoms with E-state index in [1.807, 2.05) is 37.3 Å². The Kier molecular flexibility index (Phi) is 5.01. The number of pyridine rings is 1. The molecule has 2 rings (SSSR count). The van der Waals surface area contributed by atoms with Gasteiger partial charge in [-0.15, -0.1) is 0 Å². The quantitative estimate of drug-likeness (QED) is 0.858. The number of hydrogen-bond donors (Lipinski definition) is 1. The van der Waals surface area contributed by atoms with Crippen LogP contribution >= 0.6 is 15.9 Å². The van der Waals surface area contributed by atoms with Crippen LogP contribution in [0.5, 0.6) is 11.6 Å². The normalized spacial score (nSPS) is 11.5. The summed E-state index contributed by atoms with van der Waals surface area (Å²) < 4.78 is 6.73. The smallest absolute Gasteiger partial charge is 0.219 e. The van der Waals surface area contributed by atoms with Gasteiger partial charge in [-0.05, 0) is 61.3 Å². The van der Waals surface area contributed by atoms with Crippen LogP contribution in [0.4, 0.5) is 0 Å². The van der Waals surface area contributed by atoms with Crippen LogP contribution in [-0.2, 0) is 6.54 Å². The summed E-state index contributed by atoms with van der Waals surface area (Å²) in [5, 5.41) is 3.47. The average Bonchev–Trinajstić information content (AvgIpc) is 2.39. The summed E-state index contributed by atoms with van der Waals surface area (Å²) in [7, 11) is 0. The monoisotopic (exact) mass is 348 g/mol. The predicted molar refractivity (Wildman–Crippen MR) is 89.8 cm³/mol. The van der Waals surface area contributed by atoms with Crippen molar-refractivity contribution in [3.8, 4) is 11.6 Å². The molecule has 0 amide bonds. The first-order valence-corrected chi connectivity index (χ1v) is 7.78. The molecule has 1 aromatic heterocycles. The predicted octanol–water partition coefficient (Wildman–Crippen LogP) is 4.83. The molecule has 0 aliphatic rings. The lowest BCUT2D eigenvalue weighted by Gasteiger charge is -2.21. The van der Waals surface area contributed by atoms with Crippen LogP contribution in [-0.4, -0.2) is 10.5 Å². The van der Waals surface area contributed by atoms with Gasteiger partial charge in [0.05, 0.1) is 4.47 Å². The molecule has 0 unspecified atom stereocenters. The summed E-state index contributed by atoms with van der Waals surface area (Å²) in [6, 6.07) is 11.7. The Bertz CT molecular complexity index is 620. The molecule has 0 saturated heterocycles. The molecular formula is C17H21BrN2O. The summed E-state index contributed by atoms with van der Waals surface area (Å²) >= 11 is 3.47. The number of ether oxygens (including phenoxy) is 1. The van der Waals surface area contributed by atoms with Crippen molar-refractivity contribution in [2.75, 3.05) is 0 Å². The van der Waals surface area contributed by atoms with Crippen molar-refractivity contribution in [1.82, 2.24) is 10.3 Å². The molecule has 0 aliphatic carbocycles. The number of nitrogens with zero attached hydrogens (tertiary/aromatic N) is 1. The van der Waals surface area contributed by atoms with E-state index in [1.165, 1.54) is 5.56 Å². The molecule has 0 saturated carbocycles. The molecule has 3 nitrogen and oxygen atoms in total. The number of para-hydroxylation sites is 1. The Morgan fingerprint density at radius 3 is 2.48 bits per heavy atom. The minimum absolute atomic E-state index is 0.0938. The fourth-order valence-corrected chi connectivity index (χ4v) is 2.18. The van der Waals surface area contributed by atoms with E-state index in [9.17, 15) is 0 Å². The Balaban J connectivity index is 2.10. The molecule has 4 heteroatoms. The van der Waals surface area contributed by atoms with Gasteiger partial charge >= 0.3 is 0 Å². The van der Waals surface area contributed by atoms with Gasteiger partial charge in [-0.3, -0.25) is 0 Å². The summed E-state index contributed by atoms with van der Waals surface area (Å²) in [6.07, 6.45) is 0. The maximum atomic E-state index is 5.81. The molecule has 0 spiro atoms. The summed E-state index contributed by atoms with van der Waals surface area (Å²) in [6.45, 7) is 9.27. The van der Waals surface area contributed by atoms with Gasteiger partial charge in [0, 0.05) is 23.8 Å².